The van der Waals surface area contributed by atoms with E-state index in [0.29, 0.717) is 0 Å². The molecule has 2 aliphatic heterocycles. The molecule has 0 aromatic rings. The molecule has 0 radical (unpaired) electrons. The molecular formula is C25H36O17. The molecule has 0 aromatic carbocycles. The van der Waals surface area contributed by atoms with Gasteiger partial charge in [-0.05, 0) is 0 Å². The first-order valence-electron chi connectivity index (χ1n) is 12.8. The van der Waals surface area contributed by atoms with Crippen molar-refractivity contribution in [2.24, 2.45) is 0 Å². The third-order valence-corrected chi connectivity index (χ3v) is 5.84. The quantitative estimate of drug-likeness (QED) is 0.213. The van der Waals surface area contributed by atoms with Gasteiger partial charge in [-0.3, -0.25) is 28.8 Å². The number of aliphatic hydroxyl groups is 1. The summed E-state index contributed by atoms with van der Waals surface area (Å²) in [7, 11) is 1.20. The van der Waals surface area contributed by atoms with Gasteiger partial charge in [-0.1, -0.05) is 0 Å². The van der Waals surface area contributed by atoms with E-state index in [0.717, 1.165) is 41.5 Å². The third-order valence-electron chi connectivity index (χ3n) is 5.84. The maximum absolute atomic E-state index is 12.1. The van der Waals surface area contributed by atoms with Gasteiger partial charge in [0.1, 0.15) is 37.6 Å². The van der Waals surface area contributed by atoms with Crippen LogP contribution in [0.5, 0.6) is 0 Å². The second kappa shape index (κ2) is 15.7. The number of hydrogen-bond acceptors (Lipinski definition) is 17. The molecule has 2 heterocycles. The number of esters is 6. The van der Waals surface area contributed by atoms with E-state index in [2.05, 4.69) is 0 Å². The summed E-state index contributed by atoms with van der Waals surface area (Å²) in [4.78, 5) is 70.8. The van der Waals surface area contributed by atoms with Crippen molar-refractivity contribution in [3.05, 3.63) is 0 Å². The molecule has 2 rings (SSSR count). The SMILES string of the molecule is CO[C@H]1O[C@H](COC(C)=O)[C@@H](OC(C)=O)[C@H](O)[C@@H]1O[C@H]1O[C@H](COC(C)=O)[C@@H](OC(C)=O)[C@H](OC(C)=O)[C@@H]1OC(C)=O. The lowest BCUT2D eigenvalue weighted by Crippen LogP contribution is -2.66. The summed E-state index contributed by atoms with van der Waals surface area (Å²) in [5.74, 6) is -4.76. The van der Waals surface area contributed by atoms with E-state index in [-0.39, 0.29) is 0 Å². The number of hydrogen-bond donors (Lipinski definition) is 1. The zero-order chi connectivity index (χ0) is 31.7. The van der Waals surface area contributed by atoms with Crippen LogP contribution >= 0.6 is 0 Å². The molecule has 0 amide bonds. The largest absolute Gasteiger partial charge is 0.463 e. The first-order chi connectivity index (χ1) is 19.6. The van der Waals surface area contributed by atoms with E-state index in [1.165, 1.54) is 7.11 Å². The Morgan fingerprint density at radius 1 is 0.548 bits per heavy atom. The number of rotatable bonds is 11. The fraction of sp³-hybridized carbons (Fsp3) is 0.760. The Morgan fingerprint density at radius 2 is 0.952 bits per heavy atom. The van der Waals surface area contributed by atoms with Crippen molar-refractivity contribution in [3.8, 4) is 0 Å². The summed E-state index contributed by atoms with van der Waals surface area (Å²) < 4.78 is 54.2. The summed E-state index contributed by atoms with van der Waals surface area (Å²) >= 11 is 0. The molecule has 0 bridgehead atoms. The van der Waals surface area contributed by atoms with Crippen LogP contribution in [0.3, 0.4) is 0 Å². The molecule has 238 valence electrons. The van der Waals surface area contributed by atoms with E-state index in [4.69, 9.17) is 47.4 Å². The van der Waals surface area contributed by atoms with Crippen LogP contribution < -0.4 is 0 Å². The minimum atomic E-state index is -1.71. The van der Waals surface area contributed by atoms with Crippen LogP contribution in [0, 0.1) is 0 Å². The van der Waals surface area contributed by atoms with Gasteiger partial charge < -0.3 is 52.5 Å². The first kappa shape index (κ1) is 34.8. The van der Waals surface area contributed by atoms with Crippen molar-refractivity contribution in [1.82, 2.24) is 0 Å². The number of ether oxygens (including phenoxy) is 10. The molecular weight excluding hydrogens is 572 g/mol. The van der Waals surface area contributed by atoms with Crippen molar-refractivity contribution < 1.29 is 81.2 Å². The second-order valence-corrected chi connectivity index (χ2v) is 9.31. The lowest BCUT2D eigenvalue weighted by molar-refractivity contribution is -0.365. The maximum atomic E-state index is 12.1. The lowest BCUT2D eigenvalue weighted by atomic mass is 9.96. The van der Waals surface area contributed by atoms with Gasteiger partial charge in [0.05, 0.1) is 0 Å². The van der Waals surface area contributed by atoms with Gasteiger partial charge in [0.2, 0.25) is 0 Å². The summed E-state index contributed by atoms with van der Waals surface area (Å²) in [6.45, 7) is 5.55. The van der Waals surface area contributed by atoms with Gasteiger partial charge in [0.15, 0.2) is 37.0 Å². The van der Waals surface area contributed by atoms with Gasteiger partial charge in [-0.15, -0.1) is 0 Å². The highest BCUT2D eigenvalue weighted by Gasteiger charge is 2.56. The Bertz CT molecular complexity index is 997. The molecule has 1 N–H and O–H groups in total. The van der Waals surface area contributed by atoms with Crippen LogP contribution in [0.4, 0.5) is 0 Å². The Balaban J connectivity index is 2.51. The average molecular weight is 609 g/mol. The molecule has 17 heteroatoms. The van der Waals surface area contributed by atoms with E-state index < -0.39 is 110 Å². The maximum Gasteiger partial charge on any atom is 0.303 e. The molecule has 2 aliphatic rings. The minimum absolute atomic E-state index is 0.421. The number of carbonyl (C=O) groups is 6. The van der Waals surface area contributed by atoms with Crippen molar-refractivity contribution in [1.29, 1.82) is 0 Å². The Kier molecular flexibility index (Phi) is 13.0. The Labute approximate surface area is 240 Å². The highest BCUT2D eigenvalue weighted by Crippen LogP contribution is 2.34. The van der Waals surface area contributed by atoms with E-state index >= 15 is 0 Å². The van der Waals surface area contributed by atoms with Gasteiger partial charge >= 0.3 is 35.8 Å². The fourth-order valence-electron chi connectivity index (χ4n) is 4.35. The van der Waals surface area contributed by atoms with Crippen LogP contribution in [0.15, 0.2) is 0 Å². The summed E-state index contributed by atoms with van der Waals surface area (Å²) in [5, 5.41) is 11.2. The molecule has 42 heavy (non-hydrogen) atoms. The van der Waals surface area contributed by atoms with Crippen molar-refractivity contribution >= 4 is 35.8 Å². The molecule has 0 spiro atoms. The van der Waals surface area contributed by atoms with E-state index in [1.807, 2.05) is 0 Å². The highest BCUT2D eigenvalue weighted by atomic mass is 16.8. The monoisotopic (exact) mass is 608 g/mol. The molecule has 0 saturated carbocycles. The Hall–Kier alpha value is -3.38. The zero-order valence-electron chi connectivity index (χ0n) is 24.2. The van der Waals surface area contributed by atoms with Gasteiger partial charge in [0.25, 0.3) is 0 Å². The summed E-state index contributed by atoms with van der Waals surface area (Å²) in [6, 6.07) is 0. The predicted molar refractivity (Wildman–Crippen MR) is 131 cm³/mol. The fourth-order valence-corrected chi connectivity index (χ4v) is 4.35. The number of carbonyl (C=O) groups excluding carboxylic acids is 6. The second-order valence-electron chi connectivity index (χ2n) is 9.31. The minimum Gasteiger partial charge on any atom is -0.463 e. The molecule has 0 unspecified atom stereocenters. The zero-order valence-corrected chi connectivity index (χ0v) is 24.2. The molecule has 0 aliphatic carbocycles. The number of methoxy groups -OCH3 is 1. The molecule has 10 atom stereocenters. The molecule has 2 fully saturated rings. The van der Waals surface area contributed by atoms with Crippen LogP contribution in [0.2, 0.25) is 0 Å². The molecule has 2 saturated heterocycles. The van der Waals surface area contributed by atoms with Crippen LogP contribution in [0.1, 0.15) is 41.5 Å². The normalized spacial score (nSPS) is 32.6. The van der Waals surface area contributed by atoms with Crippen molar-refractivity contribution in [2.45, 2.75) is 103 Å². The molecule has 17 nitrogen and oxygen atoms in total. The smallest absolute Gasteiger partial charge is 0.303 e. The van der Waals surface area contributed by atoms with Crippen LogP contribution in [-0.2, 0) is 76.1 Å². The van der Waals surface area contributed by atoms with E-state index in [9.17, 15) is 33.9 Å². The van der Waals surface area contributed by atoms with E-state index in [1.54, 1.807) is 0 Å². The summed E-state index contributed by atoms with van der Waals surface area (Å²) in [5.41, 5.74) is 0. The van der Waals surface area contributed by atoms with Gasteiger partial charge in [-0.25, -0.2) is 0 Å². The highest BCUT2D eigenvalue weighted by molar-refractivity contribution is 5.69. The summed E-state index contributed by atoms with van der Waals surface area (Å²) in [6.07, 6.45) is -14.9. The predicted octanol–water partition coefficient (Wildman–Crippen LogP) is -1.32. The topological polar surface area (TPSA) is 215 Å². The average Bonchev–Trinajstić information content (AvgIpc) is 2.86. The standard InChI is InChI=1S/C25H36O17/c1-10(26)34-8-16-19(36-12(3)28)18(32)21(24(33-7)40-16)42-25-23(39-15(6)31)22(38-14(5)30)20(37-13(4)29)17(41-25)9-35-11(2)27/h16-25,32H,8-9H2,1-7H3/t16-,17-,18+,19-,20-,21+,22+,23+,24+,25-/m1/s1. The van der Waals surface area contributed by atoms with Crippen LogP contribution in [-0.4, -0.2) is 123 Å². The first-order valence-corrected chi connectivity index (χ1v) is 12.8. The Morgan fingerprint density at radius 3 is 1.40 bits per heavy atom. The van der Waals surface area contributed by atoms with Gasteiger partial charge in [-0.2, -0.15) is 0 Å². The van der Waals surface area contributed by atoms with Crippen LogP contribution in [0.25, 0.3) is 0 Å². The van der Waals surface area contributed by atoms with Crippen molar-refractivity contribution in [3.63, 3.8) is 0 Å². The lowest BCUT2D eigenvalue weighted by Gasteiger charge is -2.47. The number of aliphatic hydroxyl groups excluding tert-OH is 1. The van der Waals surface area contributed by atoms with Gasteiger partial charge in [0, 0.05) is 48.7 Å². The third kappa shape index (κ3) is 9.87. The van der Waals surface area contributed by atoms with Crippen molar-refractivity contribution in [2.75, 3.05) is 20.3 Å². The molecule has 0 aromatic heterocycles.